The third-order valence-electron chi connectivity index (χ3n) is 4.11. The van der Waals surface area contributed by atoms with Crippen molar-refractivity contribution in [3.05, 3.63) is 29.3 Å². The van der Waals surface area contributed by atoms with E-state index in [0.29, 0.717) is 0 Å². The Bertz CT molecular complexity index is 413. The van der Waals surface area contributed by atoms with Crippen LogP contribution in [-0.4, -0.2) is 18.8 Å². The van der Waals surface area contributed by atoms with Gasteiger partial charge in [-0.2, -0.15) is 0 Å². The van der Waals surface area contributed by atoms with Gasteiger partial charge < -0.3 is 11.1 Å². The van der Waals surface area contributed by atoms with Gasteiger partial charge in [-0.15, -0.1) is 11.8 Å². The summed E-state index contributed by atoms with van der Waals surface area (Å²) in [6, 6.07) is 7.09. The number of nitrogens with two attached hydrogens (primary N) is 1. The second-order valence-corrected chi connectivity index (χ2v) is 6.66. The number of nitrogens with one attached hydrogen (secondary N) is 1. The molecule has 3 N–H and O–H groups in total. The molecule has 0 radical (unpaired) electrons. The maximum absolute atomic E-state index is 6.37. The number of hydrogen-bond donors (Lipinski definition) is 2. The first-order valence-corrected chi connectivity index (χ1v) is 8.03. The molecule has 0 amide bonds. The Hall–Kier alpha value is -0.510. The smallest absolute Gasteiger partial charge is 0.0298 e. The van der Waals surface area contributed by atoms with Crippen LogP contribution in [0.4, 0.5) is 0 Å². The van der Waals surface area contributed by atoms with Crippen LogP contribution in [0.25, 0.3) is 0 Å². The van der Waals surface area contributed by atoms with Gasteiger partial charge in [-0.25, -0.2) is 0 Å². The lowest BCUT2D eigenvalue weighted by atomic mass is 9.93. The highest BCUT2D eigenvalue weighted by Crippen LogP contribution is 2.32. The van der Waals surface area contributed by atoms with Crippen molar-refractivity contribution in [3.8, 4) is 0 Å². The van der Waals surface area contributed by atoms with Gasteiger partial charge in [0.05, 0.1) is 0 Å². The fourth-order valence-corrected chi connectivity index (χ4v) is 4.04. The van der Waals surface area contributed by atoms with E-state index in [1.807, 2.05) is 11.8 Å². The second kappa shape index (κ2) is 5.64. The van der Waals surface area contributed by atoms with Crippen molar-refractivity contribution in [3.63, 3.8) is 0 Å². The molecule has 0 aliphatic carbocycles. The third kappa shape index (κ3) is 2.73. The van der Waals surface area contributed by atoms with Crippen LogP contribution in [0.15, 0.2) is 23.1 Å². The van der Waals surface area contributed by atoms with Gasteiger partial charge >= 0.3 is 0 Å². The highest BCUT2D eigenvalue weighted by molar-refractivity contribution is 7.99. The van der Waals surface area contributed by atoms with Crippen LogP contribution in [-0.2, 0) is 6.42 Å². The van der Waals surface area contributed by atoms with Crippen LogP contribution in [0.1, 0.15) is 36.4 Å². The van der Waals surface area contributed by atoms with Crippen LogP contribution in [0.2, 0.25) is 0 Å². The molecule has 2 atom stereocenters. The van der Waals surface area contributed by atoms with E-state index in [9.17, 15) is 0 Å². The van der Waals surface area contributed by atoms with Crippen molar-refractivity contribution >= 4 is 11.8 Å². The van der Waals surface area contributed by atoms with Crippen molar-refractivity contribution in [2.45, 2.75) is 36.6 Å². The van der Waals surface area contributed by atoms with Crippen LogP contribution in [0.5, 0.6) is 0 Å². The Balaban J connectivity index is 1.70. The van der Waals surface area contributed by atoms with Crippen molar-refractivity contribution < 1.29 is 0 Å². The van der Waals surface area contributed by atoms with Gasteiger partial charge in [0.15, 0.2) is 0 Å². The largest absolute Gasteiger partial charge is 0.324 e. The number of rotatable bonds is 3. The molecule has 2 aliphatic heterocycles. The topological polar surface area (TPSA) is 38.0 Å². The molecule has 98 valence electrons. The molecule has 3 heteroatoms. The van der Waals surface area contributed by atoms with E-state index >= 15 is 0 Å². The SMILES string of the molecule is NC(CC1CCNC1)c1ccc2c(c1)CCCS2. The molecule has 0 spiro atoms. The lowest BCUT2D eigenvalue weighted by molar-refractivity contribution is 0.472. The van der Waals surface area contributed by atoms with Crippen molar-refractivity contribution in [1.82, 2.24) is 5.32 Å². The zero-order valence-corrected chi connectivity index (χ0v) is 11.6. The quantitative estimate of drug-likeness (QED) is 0.879. The highest BCUT2D eigenvalue weighted by Gasteiger charge is 2.19. The van der Waals surface area contributed by atoms with Crippen molar-refractivity contribution in [1.29, 1.82) is 0 Å². The van der Waals surface area contributed by atoms with Crippen LogP contribution >= 0.6 is 11.8 Å². The maximum atomic E-state index is 6.37. The van der Waals surface area contributed by atoms with Crippen LogP contribution in [0.3, 0.4) is 0 Å². The van der Waals surface area contributed by atoms with E-state index in [-0.39, 0.29) is 6.04 Å². The summed E-state index contributed by atoms with van der Waals surface area (Å²) >= 11 is 1.99. The van der Waals surface area contributed by atoms with E-state index in [2.05, 4.69) is 23.5 Å². The Morgan fingerprint density at radius 1 is 1.44 bits per heavy atom. The lowest BCUT2D eigenvalue weighted by Gasteiger charge is -2.20. The highest BCUT2D eigenvalue weighted by atomic mass is 32.2. The third-order valence-corrected chi connectivity index (χ3v) is 5.31. The summed E-state index contributed by atoms with van der Waals surface area (Å²) in [5.74, 6) is 2.04. The normalized spacial score (nSPS) is 24.8. The Kier molecular flexibility index (Phi) is 3.92. The fourth-order valence-electron chi connectivity index (χ4n) is 3.02. The molecule has 0 aromatic heterocycles. The molecule has 2 nitrogen and oxygen atoms in total. The summed E-state index contributed by atoms with van der Waals surface area (Å²) in [4.78, 5) is 1.47. The van der Waals surface area contributed by atoms with E-state index in [1.165, 1.54) is 41.0 Å². The van der Waals surface area contributed by atoms with Gasteiger partial charge in [-0.1, -0.05) is 12.1 Å². The fraction of sp³-hybridized carbons (Fsp3) is 0.600. The molecule has 3 rings (SSSR count). The first-order chi connectivity index (χ1) is 8.83. The lowest BCUT2D eigenvalue weighted by Crippen LogP contribution is -2.18. The molecule has 2 unspecified atom stereocenters. The maximum Gasteiger partial charge on any atom is 0.0298 e. The van der Waals surface area contributed by atoms with E-state index in [0.717, 1.165) is 25.4 Å². The summed E-state index contributed by atoms with van der Waals surface area (Å²) in [6.45, 7) is 2.31. The predicted octanol–water partition coefficient (Wildman–Crippen LogP) is 2.72. The molecule has 18 heavy (non-hydrogen) atoms. The number of aryl methyl sites for hydroxylation is 1. The molecular weight excluding hydrogens is 240 g/mol. The number of fused-ring (bicyclic) bond motifs is 1. The molecule has 1 aromatic rings. The summed E-state index contributed by atoms with van der Waals surface area (Å²) in [6.07, 6.45) is 4.95. The van der Waals surface area contributed by atoms with Gasteiger partial charge in [-0.3, -0.25) is 0 Å². The van der Waals surface area contributed by atoms with Gasteiger partial charge in [0, 0.05) is 10.9 Å². The van der Waals surface area contributed by atoms with Crippen molar-refractivity contribution in [2.75, 3.05) is 18.8 Å². The number of thioether (sulfide) groups is 1. The number of hydrogen-bond acceptors (Lipinski definition) is 3. The van der Waals surface area contributed by atoms with Gasteiger partial charge in [-0.05, 0) is 67.6 Å². The van der Waals surface area contributed by atoms with Gasteiger partial charge in [0.1, 0.15) is 0 Å². The summed E-state index contributed by atoms with van der Waals surface area (Å²) < 4.78 is 0. The first kappa shape index (κ1) is 12.5. The molecule has 2 aliphatic rings. The number of benzene rings is 1. The van der Waals surface area contributed by atoms with Crippen molar-refractivity contribution in [2.24, 2.45) is 11.7 Å². The summed E-state index contributed by atoms with van der Waals surface area (Å²) in [5, 5.41) is 3.42. The summed E-state index contributed by atoms with van der Waals surface area (Å²) in [5.41, 5.74) is 9.23. The Labute approximate surface area is 114 Å². The second-order valence-electron chi connectivity index (χ2n) is 5.52. The molecular formula is C15H22N2S. The summed E-state index contributed by atoms with van der Waals surface area (Å²) in [7, 11) is 0. The van der Waals surface area contributed by atoms with Crippen LogP contribution in [0, 0.1) is 5.92 Å². The minimum Gasteiger partial charge on any atom is -0.324 e. The van der Waals surface area contributed by atoms with E-state index < -0.39 is 0 Å². The average Bonchev–Trinajstić information content (AvgIpc) is 2.91. The molecule has 0 bridgehead atoms. The standard InChI is InChI=1S/C15H22N2S/c16-14(8-11-5-6-17-10-11)12-3-4-15-13(9-12)2-1-7-18-15/h3-4,9,11,14,17H,1-2,5-8,10,16H2. The minimum absolute atomic E-state index is 0.215. The van der Waals surface area contributed by atoms with E-state index in [4.69, 9.17) is 5.73 Å². The average molecular weight is 262 g/mol. The minimum atomic E-state index is 0.215. The Morgan fingerprint density at radius 2 is 2.39 bits per heavy atom. The molecule has 0 saturated carbocycles. The first-order valence-electron chi connectivity index (χ1n) is 7.05. The van der Waals surface area contributed by atoms with Crippen LogP contribution < -0.4 is 11.1 Å². The molecule has 2 heterocycles. The van der Waals surface area contributed by atoms with Gasteiger partial charge in [0.25, 0.3) is 0 Å². The predicted molar refractivity (Wildman–Crippen MR) is 78.0 cm³/mol. The molecule has 1 saturated heterocycles. The van der Waals surface area contributed by atoms with E-state index in [1.54, 1.807) is 0 Å². The molecule has 1 aromatic carbocycles. The molecule has 1 fully saturated rings. The Morgan fingerprint density at radius 3 is 3.22 bits per heavy atom. The van der Waals surface area contributed by atoms with Gasteiger partial charge in [0.2, 0.25) is 0 Å². The zero-order chi connectivity index (χ0) is 12.4. The zero-order valence-electron chi connectivity index (χ0n) is 10.8. The monoisotopic (exact) mass is 262 g/mol.